The molecule has 0 amide bonds. The third-order valence-corrected chi connectivity index (χ3v) is 4.64. The van der Waals surface area contributed by atoms with Crippen LogP contribution in [0, 0.1) is 17.1 Å². The van der Waals surface area contributed by atoms with E-state index in [9.17, 15) is 12.8 Å². The summed E-state index contributed by atoms with van der Waals surface area (Å²) >= 11 is 0. The van der Waals surface area contributed by atoms with Gasteiger partial charge in [0.1, 0.15) is 10.7 Å². The number of hydrogen-bond acceptors (Lipinski definition) is 4. The van der Waals surface area contributed by atoms with E-state index in [1.807, 2.05) is 0 Å². The zero-order valence-corrected chi connectivity index (χ0v) is 12.5. The highest BCUT2D eigenvalue weighted by molar-refractivity contribution is 7.92. The molecule has 0 aliphatic rings. The van der Waals surface area contributed by atoms with Crippen molar-refractivity contribution in [2.75, 3.05) is 4.72 Å². The van der Waals surface area contributed by atoms with E-state index in [4.69, 9.17) is 5.26 Å². The van der Waals surface area contributed by atoms with Crippen LogP contribution in [-0.4, -0.2) is 13.4 Å². The van der Waals surface area contributed by atoms with Crippen molar-refractivity contribution >= 4 is 26.6 Å². The summed E-state index contributed by atoms with van der Waals surface area (Å²) in [5, 5.41) is 9.32. The fraction of sp³-hybridized carbons (Fsp3) is 0. The number of nitrogens with zero attached hydrogens (tertiary/aromatic N) is 2. The predicted octanol–water partition coefficient (Wildman–Crippen LogP) is 3.05. The molecule has 0 spiro atoms. The van der Waals surface area contributed by atoms with Crippen molar-refractivity contribution in [1.29, 1.82) is 5.26 Å². The number of halogens is 1. The Kier molecular flexibility index (Phi) is 3.68. The van der Waals surface area contributed by atoms with Gasteiger partial charge < -0.3 is 0 Å². The van der Waals surface area contributed by atoms with Gasteiger partial charge in [-0.05, 0) is 42.5 Å². The first-order chi connectivity index (χ1) is 11.0. The van der Waals surface area contributed by atoms with Crippen molar-refractivity contribution in [2.24, 2.45) is 0 Å². The number of nitrogens with one attached hydrogen (secondary N) is 1. The summed E-state index contributed by atoms with van der Waals surface area (Å²) in [7, 11) is -4.12. The Balaban J connectivity index is 2.06. The fourth-order valence-electron chi connectivity index (χ4n) is 2.18. The van der Waals surface area contributed by atoms with Crippen LogP contribution in [0.5, 0.6) is 0 Å². The number of anilines is 1. The molecule has 0 atom stereocenters. The fourth-order valence-corrected chi connectivity index (χ4v) is 3.32. The van der Waals surface area contributed by atoms with Crippen LogP contribution in [0.25, 0.3) is 10.9 Å². The third kappa shape index (κ3) is 2.84. The maximum atomic E-state index is 14.0. The van der Waals surface area contributed by atoms with E-state index in [1.165, 1.54) is 6.07 Å². The second-order valence-corrected chi connectivity index (χ2v) is 6.39. The Bertz CT molecular complexity index is 1040. The summed E-state index contributed by atoms with van der Waals surface area (Å²) in [6.07, 6.45) is 1.60. The Hall–Kier alpha value is -2.98. The Labute approximate surface area is 132 Å². The minimum absolute atomic E-state index is 0.0517. The van der Waals surface area contributed by atoms with Crippen molar-refractivity contribution in [2.45, 2.75) is 4.90 Å². The Morgan fingerprint density at radius 1 is 1.13 bits per heavy atom. The second-order valence-electron chi connectivity index (χ2n) is 4.74. The summed E-state index contributed by atoms with van der Waals surface area (Å²) in [6.45, 7) is 0. The number of benzene rings is 2. The van der Waals surface area contributed by atoms with Gasteiger partial charge in [0.15, 0.2) is 0 Å². The molecule has 1 aromatic heterocycles. The number of aromatic nitrogens is 1. The van der Waals surface area contributed by atoms with Gasteiger partial charge in [0.25, 0.3) is 10.0 Å². The normalized spacial score (nSPS) is 11.1. The van der Waals surface area contributed by atoms with Crippen LogP contribution in [0.3, 0.4) is 0 Å². The van der Waals surface area contributed by atoms with E-state index >= 15 is 0 Å². The largest absolute Gasteiger partial charge is 0.279 e. The van der Waals surface area contributed by atoms with Gasteiger partial charge in [-0.3, -0.25) is 9.71 Å². The highest BCUT2D eigenvalue weighted by Gasteiger charge is 2.20. The van der Waals surface area contributed by atoms with Crippen LogP contribution in [0.1, 0.15) is 5.56 Å². The molecule has 0 saturated carbocycles. The average Bonchev–Trinajstić information content (AvgIpc) is 2.54. The second kappa shape index (κ2) is 5.66. The first-order valence-corrected chi connectivity index (χ1v) is 8.06. The van der Waals surface area contributed by atoms with E-state index in [2.05, 4.69) is 9.71 Å². The molecule has 0 aliphatic heterocycles. The zero-order chi connectivity index (χ0) is 16.4. The van der Waals surface area contributed by atoms with Gasteiger partial charge in [-0.25, -0.2) is 12.8 Å². The quantitative estimate of drug-likeness (QED) is 0.801. The van der Waals surface area contributed by atoms with E-state index in [0.717, 1.165) is 12.1 Å². The molecule has 3 aromatic rings. The first-order valence-electron chi connectivity index (χ1n) is 6.57. The van der Waals surface area contributed by atoms with Gasteiger partial charge in [0, 0.05) is 11.6 Å². The molecule has 0 bridgehead atoms. The van der Waals surface area contributed by atoms with Crippen LogP contribution in [0.2, 0.25) is 0 Å². The summed E-state index contributed by atoms with van der Waals surface area (Å²) < 4.78 is 41.2. The van der Waals surface area contributed by atoms with Gasteiger partial charge in [-0.2, -0.15) is 5.26 Å². The topological polar surface area (TPSA) is 82.8 Å². The van der Waals surface area contributed by atoms with Crippen molar-refractivity contribution in [3.8, 4) is 6.07 Å². The third-order valence-electron chi connectivity index (χ3n) is 3.24. The molecule has 0 fully saturated rings. The SMILES string of the molecule is N#Cc1ccc(S(=O)(=O)Nc2cccc3ncccc23)c(F)c1. The highest BCUT2D eigenvalue weighted by atomic mass is 32.2. The molecular formula is C16H10FN3O2S. The summed E-state index contributed by atoms with van der Waals surface area (Å²) in [5.41, 5.74) is 0.975. The van der Waals surface area contributed by atoms with E-state index < -0.39 is 20.7 Å². The molecule has 0 saturated heterocycles. The van der Waals surface area contributed by atoms with Crippen LogP contribution in [-0.2, 0) is 10.0 Å². The molecule has 114 valence electrons. The first kappa shape index (κ1) is 14.9. The summed E-state index contributed by atoms with van der Waals surface area (Å²) in [5.74, 6) is -0.977. The number of sulfonamides is 1. The van der Waals surface area contributed by atoms with Gasteiger partial charge >= 0.3 is 0 Å². The number of hydrogen-bond donors (Lipinski definition) is 1. The standard InChI is InChI=1S/C16H10FN3O2S/c17-13-9-11(10-18)6-7-16(13)23(21,22)20-15-5-1-4-14-12(15)3-2-8-19-14/h1-9,20H. The molecule has 1 heterocycles. The van der Waals surface area contributed by atoms with Crippen molar-refractivity contribution in [1.82, 2.24) is 4.98 Å². The molecule has 0 aliphatic carbocycles. The van der Waals surface area contributed by atoms with Gasteiger partial charge in [0.05, 0.1) is 22.8 Å². The highest BCUT2D eigenvalue weighted by Crippen LogP contribution is 2.25. The molecule has 0 unspecified atom stereocenters. The maximum Gasteiger partial charge on any atom is 0.264 e. The lowest BCUT2D eigenvalue weighted by Crippen LogP contribution is -2.15. The van der Waals surface area contributed by atoms with Gasteiger partial charge in [-0.1, -0.05) is 6.07 Å². The summed E-state index contributed by atoms with van der Waals surface area (Å²) in [6, 6.07) is 13.3. The predicted molar refractivity (Wildman–Crippen MR) is 83.7 cm³/mol. The molecule has 23 heavy (non-hydrogen) atoms. The number of pyridine rings is 1. The Morgan fingerprint density at radius 2 is 1.96 bits per heavy atom. The number of fused-ring (bicyclic) bond motifs is 1. The number of nitriles is 1. The van der Waals surface area contributed by atoms with E-state index in [0.29, 0.717) is 16.6 Å². The van der Waals surface area contributed by atoms with Crippen molar-refractivity contribution in [3.63, 3.8) is 0 Å². The molecule has 1 N–H and O–H groups in total. The van der Waals surface area contributed by atoms with Crippen LogP contribution < -0.4 is 4.72 Å². The zero-order valence-electron chi connectivity index (χ0n) is 11.7. The lowest BCUT2D eigenvalue weighted by molar-refractivity contribution is 0.570. The van der Waals surface area contributed by atoms with E-state index in [1.54, 1.807) is 42.6 Å². The molecule has 7 heteroatoms. The number of rotatable bonds is 3. The van der Waals surface area contributed by atoms with Crippen molar-refractivity contribution in [3.05, 3.63) is 66.1 Å². The average molecular weight is 327 g/mol. The molecule has 2 aromatic carbocycles. The van der Waals surface area contributed by atoms with Crippen LogP contribution in [0.15, 0.2) is 59.6 Å². The van der Waals surface area contributed by atoms with E-state index in [-0.39, 0.29) is 5.56 Å². The smallest absolute Gasteiger partial charge is 0.264 e. The monoisotopic (exact) mass is 327 g/mol. The van der Waals surface area contributed by atoms with Gasteiger partial charge in [-0.15, -0.1) is 0 Å². The Morgan fingerprint density at radius 3 is 2.70 bits per heavy atom. The minimum atomic E-state index is -4.12. The van der Waals surface area contributed by atoms with Crippen LogP contribution in [0.4, 0.5) is 10.1 Å². The lowest BCUT2D eigenvalue weighted by Gasteiger charge is -2.11. The maximum absolute atomic E-state index is 14.0. The lowest BCUT2D eigenvalue weighted by atomic mass is 10.2. The minimum Gasteiger partial charge on any atom is -0.279 e. The summed E-state index contributed by atoms with van der Waals surface area (Å²) in [4.78, 5) is 3.62. The van der Waals surface area contributed by atoms with Crippen LogP contribution >= 0.6 is 0 Å². The molecule has 5 nitrogen and oxygen atoms in total. The molecule has 0 radical (unpaired) electrons. The van der Waals surface area contributed by atoms with Gasteiger partial charge in [0.2, 0.25) is 0 Å². The molecular weight excluding hydrogens is 317 g/mol. The molecule has 3 rings (SSSR count). The van der Waals surface area contributed by atoms with Crippen molar-refractivity contribution < 1.29 is 12.8 Å².